The Hall–Kier alpha value is -1.17. The van der Waals surface area contributed by atoms with E-state index in [2.05, 4.69) is 11.9 Å². The second-order valence-electron chi connectivity index (χ2n) is 5.92. The van der Waals surface area contributed by atoms with E-state index in [1.165, 1.54) is 4.31 Å². The third-order valence-corrected chi connectivity index (χ3v) is 5.28. The summed E-state index contributed by atoms with van der Waals surface area (Å²) in [7, 11) is -3.52. The molecule has 21 heavy (non-hydrogen) atoms. The molecule has 0 fully saturated rings. The lowest BCUT2D eigenvalue weighted by atomic mass is 10.1. The molecule has 0 spiro atoms. The molecule has 1 rings (SSSR count). The minimum Gasteiger partial charge on any atom is -0.313 e. The Kier molecular flexibility index (Phi) is 6.13. The third kappa shape index (κ3) is 4.66. The van der Waals surface area contributed by atoms with Crippen LogP contribution in [0.2, 0.25) is 0 Å². The largest absolute Gasteiger partial charge is 0.313 e. The molecule has 1 aromatic rings. The Bertz CT molecular complexity index is 557. The smallest absolute Gasteiger partial charge is 0.243 e. The zero-order chi connectivity index (χ0) is 16.1. The van der Waals surface area contributed by atoms with Crippen molar-refractivity contribution in [1.82, 2.24) is 9.62 Å². The Morgan fingerprint density at radius 3 is 2.24 bits per heavy atom. The lowest BCUT2D eigenvalue weighted by Crippen LogP contribution is -2.45. The Morgan fingerprint density at radius 1 is 1.24 bits per heavy atom. The molecule has 0 bridgehead atoms. The molecule has 0 atom stereocenters. The van der Waals surface area contributed by atoms with Crippen LogP contribution in [-0.4, -0.2) is 31.4 Å². The highest BCUT2D eigenvalue weighted by atomic mass is 32.2. The van der Waals surface area contributed by atoms with E-state index in [0.29, 0.717) is 11.4 Å². The van der Waals surface area contributed by atoms with Crippen LogP contribution in [0.25, 0.3) is 0 Å². The molecule has 0 amide bonds. The fraction of sp³-hybridized carbons (Fsp3) is 0.500. The highest BCUT2D eigenvalue weighted by Crippen LogP contribution is 2.24. The molecule has 1 aromatic carbocycles. The number of rotatable bonds is 7. The number of benzene rings is 1. The van der Waals surface area contributed by atoms with Crippen LogP contribution in [0.4, 0.5) is 0 Å². The average Bonchev–Trinajstić information content (AvgIpc) is 2.41. The van der Waals surface area contributed by atoms with Gasteiger partial charge in [-0.25, -0.2) is 8.42 Å². The normalized spacial score (nSPS) is 12.6. The van der Waals surface area contributed by atoms with Crippen LogP contribution >= 0.6 is 0 Å². The molecule has 0 saturated carbocycles. The Labute approximate surface area is 128 Å². The van der Waals surface area contributed by atoms with Crippen molar-refractivity contribution in [3.05, 3.63) is 42.5 Å². The van der Waals surface area contributed by atoms with E-state index >= 15 is 0 Å². The van der Waals surface area contributed by atoms with E-state index < -0.39 is 15.6 Å². The van der Waals surface area contributed by atoms with Gasteiger partial charge >= 0.3 is 0 Å². The maximum atomic E-state index is 12.8. The number of hydrogen-bond acceptors (Lipinski definition) is 3. The van der Waals surface area contributed by atoms with E-state index in [9.17, 15) is 8.42 Å². The predicted molar refractivity (Wildman–Crippen MR) is 87.7 cm³/mol. The summed E-state index contributed by atoms with van der Waals surface area (Å²) in [4.78, 5) is 0.319. The van der Waals surface area contributed by atoms with E-state index in [1.54, 1.807) is 18.2 Å². The van der Waals surface area contributed by atoms with Gasteiger partial charge in [-0.3, -0.25) is 0 Å². The molecule has 118 valence electrons. The number of hydrogen-bond donors (Lipinski definition) is 1. The van der Waals surface area contributed by atoms with E-state index in [4.69, 9.17) is 0 Å². The fourth-order valence-electron chi connectivity index (χ4n) is 2.03. The van der Waals surface area contributed by atoms with Gasteiger partial charge in [-0.15, -0.1) is 6.58 Å². The van der Waals surface area contributed by atoms with Gasteiger partial charge in [-0.05, 0) is 45.0 Å². The lowest BCUT2D eigenvalue weighted by molar-refractivity contribution is 0.270. The monoisotopic (exact) mass is 310 g/mol. The van der Waals surface area contributed by atoms with Crippen LogP contribution in [0.5, 0.6) is 0 Å². The standard InChI is InChI=1S/C16H26N2O2S/c1-6-12-18(16(3,4)5)21(19,20)15-10-8-14(9-11-15)13-17-7-2/h6,8-11,17H,1,7,12-13H2,2-5H3. The molecule has 0 aliphatic heterocycles. The first-order chi connectivity index (χ1) is 9.73. The van der Waals surface area contributed by atoms with Crippen molar-refractivity contribution < 1.29 is 8.42 Å². The molecule has 0 aromatic heterocycles. The maximum absolute atomic E-state index is 12.8. The second-order valence-corrected chi connectivity index (χ2v) is 7.78. The summed E-state index contributed by atoms with van der Waals surface area (Å²) in [6, 6.07) is 7.04. The molecule has 0 unspecified atom stereocenters. The van der Waals surface area contributed by atoms with Crippen LogP contribution in [0.15, 0.2) is 41.8 Å². The summed E-state index contributed by atoms with van der Waals surface area (Å²) < 4.78 is 27.0. The van der Waals surface area contributed by atoms with E-state index in [0.717, 1.165) is 18.7 Å². The first kappa shape index (κ1) is 17.9. The number of sulfonamides is 1. The Balaban J connectivity index is 3.08. The van der Waals surface area contributed by atoms with Crippen LogP contribution < -0.4 is 5.32 Å². The van der Waals surface area contributed by atoms with Gasteiger partial charge < -0.3 is 5.32 Å². The number of nitrogens with zero attached hydrogens (tertiary/aromatic N) is 1. The van der Waals surface area contributed by atoms with Gasteiger partial charge in [-0.1, -0.05) is 25.1 Å². The molecular formula is C16H26N2O2S. The highest BCUT2D eigenvalue weighted by Gasteiger charge is 2.32. The summed E-state index contributed by atoms with van der Waals surface area (Å²) in [5.74, 6) is 0. The zero-order valence-corrected chi connectivity index (χ0v) is 14.2. The van der Waals surface area contributed by atoms with Gasteiger partial charge in [0.15, 0.2) is 0 Å². The summed E-state index contributed by atoms with van der Waals surface area (Å²) in [5.41, 5.74) is 0.581. The van der Waals surface area contributed by atoms with Crippen molar-refractivity contribution in [3.63, 3.8) is 0 Å². The topological polar surface area (TPSA) is 49.4 Å². The minimum absolute atomic E-state index is 0.297. The molecule has 1 N–H and O–H groups in total. The third-order valence-electron chi connectivity index (χ3n) is 3.13. The Morgan fingerprint density at radius 2 is 1.81 bits per heavy atom. The molecule has 5 heteroatoms. The fourth-order valence-corrected chi connectivity index (χ4v) is 3.78. The van der Waals surface area contributed by atoms with Gasteiger partial charge in [0.2, 0.25) is 10.0 Å². The van der Waals surface area contributed by atoms with Crippen molar-refractivity contribution in [2.45, 2.75) is 44.7 Å². The van der Waals surface area contributed by atoms with Gasteiger partial charge in [0.25, 0.3) is 0 Å². The summed E-state index contributed by atoms with van der Waals surface area (Å²) in [6.07, 6.45) is 1.61. The van der Waals surface area contributed by atoms with Gasteiger partial charge in [0, 0.05) is 18.6 Å². The predicted octanol–water partition coefficient (Wildman–Crippen LogP) is 2.77. The van der Waals surface area contributed by atoms with Crippen LogP contribution in [0.3, 0.4) is 0 Å². The molecular weight excluding hydrogens is 284 g/mol. The quantitative estimate of drug-likeness (QED) is 0.788. The molecule has 0 aliphatic rings. The van der Waals surface area contributed by atoms with E-state index in [-0.39, 0.29) is 0 Å². The molecule has 0 heterocycles. The van der Waals surface area contributed by atoms with Crippen molar-refractivity contribution >= 4 is 10.0 Å². The van der Waals surface area contributed by atoms with Crippen molar-refractivity contribution in [2.24, 2.45) is 0 Å². The SMILES string of the molecule is C=CCN(C(C)(C)C)S(=O)(=O)c1ccc(CNCC)cc1. The minimum atomic E-state index is -3.52. The van der Waals surface area contributed by atoms with Crippen LogP contribution in [0.1, 0.15) is 33.3 Å². The molecule has 0 saturated heterocycles. The summed E-state index contributed by atoms with van der Waals surface area (Å²) in [5, 5.41) is 3.22. The van der Waals surface area contributed by atoms with Crippen molar-refractivity contribution in [3.8, 4) is 0 Å². The van der Waals surface area contributed by atoms with Crippen molar-refractivity contribution in [1.29, 1.82) is 0 Å². The lowest BCUT2D eigenvalue weighted by Gasteiger charge is -2.33. The number of nitrogens with one attached hydrogen (secondary N) is 1. The first-order valence-electron chi connectivity index (χ1n) is 7.17. The second kappa shape index (κ2) is 7.20. The van der Waals surface area contributed by atoms with Gasteiger partial charge in [-0.2, -0.15) is 4.31 Å². The molecule has 0 radical (unpaired) electrons. The average molecular weight is 310 g/mol. The maximum Gasteiger partial charge on any atom is 0.243 e. The summed E-state index contributed by atoms with van der Waals surface area (Å²) >= 11 is 0. The van der Waals surface area contributed by atoms with E-state index in [1.807, 2.05) is 39.8 Å². The first-order valence-corrected chi connectivity index (χ1v) is 8.61. The summed E-state index contributed by atoms with van der Waals surface area (Å²) in [6.45, 7) is 13.3. The zero-order valence-electron chi connectivity index (χ0n) is 13.4. The van der Waals surface area contributed by atoms with Crippen molar-refractivity contribution in [2.75, 3.05) is 13.1 Å². The molecule has 0 aliphatic carbocycles. The molecule has 4 nitrogen and oxygen atoms in total. The van der Waals surface area contributed by atoms with Crippen LogP contribution in [-0.2, 0) is 16.6 Å². The van der Waals surface area contributed by atoms with Crippen LogP contribution in [0, 0.1) is 0 Å². The van der Waals surface area contributed by atoms with Gasteiger partial charge in [0.05, 0.1) is 4.90 Å². The highest BCUT2D eigenvalue weighted by molar-refractivity contribution is 7.89. The van der Waals surface area contributed by atoms with Gasteiger partial charge in [0.1, 0.15) is 0 Å².